The van der Waals surface area contributed by atoms with Gasteiger partial charge in [0.2, 0.25) is 5.02 Å². The number of hydrogen-bond acceptors (Lipinski definition) is 1. The van der Waals surface area contributed by atoms with Crippen molar-refractivity contribution in [1.82, 2.24) is 0 Å². The summed E-state index contributed by atoms with van der Waals surface area (Å²) in [6.07, 6.45) is 0. The predicted octanol–water partition coefficient (Wildman–Crippen LogP) is 0.875. The van der Waals surface area contributed by atoms with Gasteiger partial charge in [-0.2, -0.15) is 0 Å². The second kappa shape index (κ2) is 2.85. The van der Waals surface area contributed by atoms with Crippen LogP contribution in [-0.4, -0.2) is 5.11 Å². The van der Waals surface area contributed by atoms with Crippen LogP contribution in [0.5, 0.6) is 0 Å². The molecule has 0 spiro atoms. The molecule has 1 rings (SSSR count). The molecule has 0 saturated carbocycles. The third-order valence-electron chi connectivity index (χ3n) is 1.08. The molecule has 0 aliphatic rings. The summed E-state index contributed by atoms with van der Waals surface area (Å²) in [5.74, 6) is 0. The fraction of sp³-hybridized carbons (Fsp3) is 0.143. The molecule has 1 aromatic carbocycles. The van der Waals surface area contributed by atoms with Crippen LogP contribution in [0.3, 0.4) is 0 Å². The van der Waals surface area contributed by atoms with Gasteiger partial charge in [0, 0.05) is 12.1 Å². The molecule has 1 aromatic rings. The smallest absolute Gasteiger partial charge is 0.225 e. The minimum atomic E-state index is 0.0739. The van der Waals surface area contributed by atoms with Crippen LogP contribution in [0.4, 0.5) is 0 Å². The van der Waals surface area contributed by atoms with E-state index in [1.165, 1.54) is 0 Å². The fourth-order valence-corrected chi connectivity index (χ4v) is 0.874. The Bertz CT molecular complexity index is 198. The van der Waals surface area contributed by atoms with E-state index in [9.17, 15) is 0 Å². The number of benzene rings is 1. The van der Waals surface area contributed by atoms with Gasteiger partial charge in [-0.3, -0.25) is 0 Å². The third kappa shape index (κ3) is 1.70. The van der Waals surface area contributed by atoms with Crippen molar-refractivity contribution in [2.45, 2.75) is 6.61 Å². The van der Waals surface area contributed by atoms with Crippen LogP contribution in [0.25, 0.3) is 0 Å². The molecule has 0 fully saturated rings. The summed E-state index contributed by atoms with van der Waals surface area (Å²) in [6.45, 7) is 0.0739. The Labute approximate surface area is 58.9 Å². The predicted molar refractivity (Wildman–Crippen MR) is 32.9 cm³/mol. The van der Waals surface area contributed by atoms with Gasteiger partial charge < -0.3 is 5.11 Å². The van der Waals surface area contributed by atoms with E-state index in [0.717, 1.165) is 10.6 Å². The van der Waals surface area contributed by atoms with Gasteiger partial charge in [0.15, 0.2) is 11.6 Å². The Kier molecular flexibility index (Phi) is 2.09. The number of halogens is 1. The minimum absolute atomic E-state index is 0.0739. The topological polar surface area (TPSA) is 20.2 Å². The van der Waals surface area contributed by atoms with E-state index < -0.39 is 0 Å². The lowest BCUT2D eigenvalue weighted by molar-refractivity contribution is -0.289. The Balaban J connectivity index is 2.94. The summed E-state index contributed by atoms with van der Waals surface area (Å²) in [5, 5.41) is 9.39. The molecule has 0 aliphatic carbocycles. The van der Waals surface area contributed by atoms with Crippen molar-refractivity contribution in [1.29, 1.82) is 0 Å². The highest BCUT2D eigenvalue weighted by molar-refractivity contribution is 5.18. The molecule has 0 amide bonds. The highest BCUT2D eigenvalue weighted by atomic mass is 35.5. The van der Waals surface area contributed by atoms with E-state index in [1.807, 2.05) is 18.2 Å². The maximum absolute atomic E-state index is 8.62. The molecule has 2 heteroatoms. The van der Waals surface area contributed by atoms with Crippen molar-refractivity contribution in [3.05, 3.63) is 34.9 Å². The van der Waals surface area contributed by atoms with E-state index in [2.05, 4.69) is 0 Å². The van der Waals surface area contributed by atoms with E-state index in [-0.39, 0.29) is 6.61 Å². The van der Waals surface area contributed by atoms with Crippen LogP contribution in [-0.2, 0) is 6.61 Å². The van der Waals surface area contributed by atoms with Crippen LogP contribution in [0, 0.1) is 11.6 Å². The molecule has 1 N–H and O–H groups in total. The van der Waals surface area contributed by atoms with Crippen molar-refractivity contribution in [3.63, 3.8) is 0 Å². The molecule has 1 nitrogen and oxygen atoms in total. The highest BCUT2D eigenvalue weighted by Crippen LogP contribution is 2.03. The van der Waals surface area contributed by atoms with Gasteiger partial charge in [-0.05, 0) is 5.56 Å². The van der Waals surface area contributed by atoms with Crippen molar-refractivity contribution in [3.8, 4) is 0 Å². The van der Waals surface area contributed by atoms with Crippen molar-refractivity contribution < 1.29 is 16.7 Å². The van der Waals surface area contributed by atoms with Gasteiger partial charge in [0.1, 0.15) is 0 Å². The van der Waals surface area contributed by atoms with E-state index >= 15 is 0 Å². The first kappa shape index (κ1) is 6.59. The molecule has 48 valence electrons. The Morgan fingerprint density at radius 3 is 2.67 bits per heavy atom. The van der Waals surface area contributed by atoms with Crippen molar-refractivity contribution in [2.24, 2.45) is 0 Å². The summed E-state index contributed by atoms with van der Waals surface area (Å²) in [4.78, 5) is 0. The van der Waals surface area contributed by atoms with Crippen LogP contribution in [0.15, 0.2) is 24.3 Å². The first-order valence-electron chi connectivity index (χ1n) is 2.70. The molecule has 0 aliphatic heterocycles. The highest BCUT2D eigenvalue weighted by Gasteiger charge is 1.94. The number of aliphatic hydroxyl groups excluding tert-OH is 1. The molecular formula is C7H8ClO+. The lowest BCUT2D eigenvalue weighted by Gasteiger charge is -1.89. The standard InChI is InChI=1S/C7H8ClO/c8-7-3-1-2-6(4-7)5-9/h1-4,8-9H,5H2/q+1. The average Bonchev–Trinajstić information content (AvgIpc) is 1.88. The van der Waals surface area contributed by atoms with Gasteiger partial charge in [-0.1, -0.05) is 12.1 Å². The first-order chi connectivity index (χ1) is 4.33. The second-order valence-electron chi connectivity index (χ2n) is 1.81. The number of hydrogen-bond donors (Lipinski definition) is 1. The summed E-state index contributed by atoms with van der Waals surface area (Å²) >= 11 is 4.85. The normalized spacial score (nSPS) is 9.56. The largest absolute Gasteiger partial charge is 0.392 e. The molecule has 0 heterocycles. The first-order valence-corrected chi connectivity index (χ1v) is 3.10. The molecule has 0 unspecified atom stereocenters. The lowest BCUT2D eigenvalue weighted by atomic mass is 10.2. The summed E-state index contributed by atoms with van der Waals surface area (Å²) < 4.78 is 0. The Morgan fingerprint density at radius 1 is 1.44 bits per heavy atom. The van der Waals surface area contributed by atoms with Crippen LogP contribution in [0.2, 0.25) is 5.02 Å². The molecule has 9 heavy (non-hydrogen) atoms. The van der Waals surface area contributed by atoms with Crippen LogP contribution >= 0.6 is 0 Å². The third-order valence-corrected chi connectivity index (χ3v) is 1.33. The van der Waals surface area contributed by atoms with Gasteiger partial charge in [-0.25, -0.2) is 0 Å². The minimum Gasteiger partial charge on any atom is -0.392 e. The second-order valence-corrected chi connectivity index (χ2v) is 2.28. The quantitative estimate of drug-likeness (QED) is 0.619. The van der Waals surface area contributed by atoms with E-state index in [1.54, 1.807) is 6.07 Å². The zero-order chi connectivity index (χ0) is 6.69. The van der Waals surface area contributed by atoms with Gasteiger partial charge >= 0.3 is 0 Å². The SMILES string of the molecule is OCc1cccc([ClH+])c1. The molecule has 0 saturated heterocycles. The summed E-state index contributed by atoms with van der Waals surface area (Å²) in [7, 11) is 0. The average molecular weight is 144 g/mol. The van der Waals surface area contributed by atoms with E-state index in [4.69, 9.17) is 16.7 Å². The van der Waals surface area contributed by atoms with Gasteiger partial charge in [-0.15, -0.1) is 0 Å². The summed E-state index contributed by atoms with van der Waals surface area (Å²) in [6, 6.07) is 7.30. The summed E-state index contributed by atoms with van der Waals surface area (Å²) in [5.41, 5.74) is 0.877. The van der Waals surface area contributed by atoms with Gasteiger partial charge in [0.05, 0.1) is 6.61 Å². The molecule has 0 radical (unpaired) electrons. The van der Waals surface area contributed by atoms with Gasteiger partial charge in [0.25, 0.3) is 0 Å². The maximum atomic E-state index is 8.62. The Hall–Kier alpha value is -0.530. The van der Waals surface area contributed by atoms with Crippen LogP contribution < -0.4 is 0 Å². The monoisotopic (exact) mass is 143 g/mol. The maximum Gasteiger partial charge on any atom is 0.225 e. The Morgan fingerprint density at radius 2 is 2.22 bits per heavy atom. The number of aliphatic hydroxyl groups is 1. The molecule has 0 bridgehead atoms. The zero-order valence-corrected chi connectivity index (χ0v) is 5.69. The van der Waals surface area contributed by atoms with Crippen LogP contribution in [0.1, 0.15) is 5.56 Å². The molecular weight excluding hydrogens is 136 g/mol. The zero-order valence-electron chi connectivity index (χ0n) is 4.87. The van der Waals surface area contributed by atoms with Crippen molar-refractivity contribution in [2.75, 3.05) is 0 Å². The van der Waals surface area contributed by atoms with Crippen molar-refractivity contribution >= 4 is 0 Å². The molecule has 0 atom stereocenters. The lowest BCUT2D eigenvalue weighted by Crippen LogP contribution is -1.80. The number of rotatable bonds is 1. The fourth-order valence-electron chi connectivity index (χ4n) is 0.644. The van der Waals surface area contributed by atoms with E-state index in [0.29, 0.717) is 0 Å². The molecule has 0 aromatic heterocycles.